The first-order valence-corrected chi connectivity index (χ1v) is 9.76. The summed E-state index contributed by atoms with van der Waals surface area (Å²) in [6, 6.07) is 14.7. The Bertz CT molecular complexity index is 732. The van der Waals surface area contributed by atoms with E-state index in [1.807, 2.05) is 49.4 Å². The Morgan fingerprint density at radius 1 is 0.857 bits per heavy atom. The number of nitrogens with one attached hydrogen (secondary N) is 1. The Morgan fingerprint density at radius 2 is 1.46 bits per heavy atom. The van der Waals surface area contributed by atoms with E-state index in [0.29, 0.717) is 36.1 Å². The molecule has 0 aromatic heterocycles. The van der Waals surface area contributed by atoms with Gasteiger partial charge in [0.2, 0.25) is 0 Å². The Balaban J connectivity index is 1.90. The average Bonchev–Trinajstić information content (AvgIpc) is 2.72. The van der Waals surface area contributed by atoms with Crippen molar-refractivity contribution in [3.05, 3.63) is 48.5 Å². The summed E-state index contributed by atoms with van der Waals surface area (Å²) in [6.45, 7) is 9.95. The van der Waals surface area contributed by atoms with E-state index in [4.69, 9.17) is 14.2 Å². The van der Waals surface area contributed by atoms with Crippen molar-refractivity contribution in [1.82, 2.24) is 4.90 Å². The highest BCUT2D eigenvalue weighted by molar-refractivity contribution is 5.93. The summed E-state index contributed by atoms with van der Waals surface area (Å²) in [7, 11) is 0. The van der Waals surface area contributed by atoms with Crippen LogP contribution in [-0.2, 0) is 4.79 Å². The van der Waals surface area contributed by atoms with E-state index in [1.165, 1.54) is 0 Å². The van der Waals surface area contributed by atoms with Crippen LogP contribution >= 0.6 is 0 Å². The third-order valence-electron chi connectivity index (χ3n) is 4.23. The molecular formula is C22H30N2O4. The summed E-state index contributed by atoms with van der Waals surface area (Å²) in [5.74, 6) is 1.56. The summed E-state index contributed by atoms with van der Waals surface area (Å²) < 4.78 is 17.0. The summed E-state index contributed by atoms with van der Waals surface area (Å²) in [4.78, 5) is 14.6. The number of rotatable bonds is 12. The van der Waals surface area contributed by atoms with E-state index in [-0.39, 0.29) is 12.5 Å². The average molecular weight is 386 g/mol. The van der Waals surface area contributed by atoms with Gasteiger partial charge < -0.3 is 24.4 Å². The Kier molecular flexibility index (Phi) is 9.15. The standard InChI is InChI=1S/C22H30N2O4/c1-4-24(5-2)15-16-27-19-12-8-7-11-18(19)23-22(25)17-28-21-14-10-9-13-20(21)26-6-3/h7-14H,4-6,15-17H2,1-3H3,(H,23,25). The van der Waals surface area contributed by atoms with Crippen LogP contribution < -0.4 is 19.5 Å². The molecular weight excluding hydrogens is 356 g/mol. The van der Waals surface area contributed by atoms with Gasteiger partial charge in [0, 0.05) is 6.54 Å². The second kappa shape index (κ2) is 11.9. The molecule has 0 saturated heterocycles. The molecule has 0 aliphatic rings. The number of likely N-dealkylation sites (N-methyl/N-ethyl adjacent to an activating group) is 1. The lowest BCUT2D eigenvalue weighted by Crippen LogP contribution is -2.28. The number of anilines is 1. The Hall–Kier alpha value is -2.73. The molecule has 0 aliphatic carbocycles. The van der Waals surface area contributed by atoms with Crippen LogP contribution in [0.2, 0.25) is 0 Å². The molecule has 2 aromatic rings. The lowest BCUT2D eigenvalue weighted by Gasteiger charge is -2.19. The highest BCUT2D eigenvalue weighted by Crippen LogP contribution is 2.27. The largest absolute Gasteiger partial charge is 0.490 e. The van der Waals surface area contributed by atoms with Gasteiger partial charge in [-0.3, -0.25) is 4.79 Å². The van der Waals surface area contributed by atoms with E-state index < -0.39 is 0 Å². The Morgan fingerprint density at radius 3 is 2.11 bits per heavy atom. The number of para-hydroxylation sites is 4. The van der Waals surface area contributed by atoms with Gasteiger partial charge in [-0.1, -0.05) is 38.1 Å². The lowest BCUT2D eigenvalue weighted by molar-refractivity contribution is -0.118. The molecule has 0 fully saturated rings. The fourth-order valence-electron chi connectivity index (χ4n) is 2.69. The summed E-state index contributed by atoms with van der Waals surface area (Å²) in [5.41, 5.74) is 0.633. The number of hydrogen-bond donors (Lipinski definition) is 1. The van der Waals surface area contributed by atoms with Crippen LogP contribution in [0.1, 0.15) is 20.8 Å². The molecule has 0 spiro atoms. The highest BCUT2D eigenvalue weighted by atomic mass is 16.5. The first kappa shape index (κ1) is 21.6. The van der Waals surface area contributed by atoms with Crippen molar-refractivity contribution < 1.29 is 19.0 Å². The Labute approximate surface area is 167 Å². The summed E-state index contributed by atoms with van der Waals surface area (Å²) in [5, 5.41) is 2.85. The van der Waals surface area contributed by atoms with Crippen molar-refractivity contribution >= 4 is 11.6 Å². The zero-order valence-electron chi connectivity index (χ0n) is 16.9. The molecule has 28 heavy (non-hydrogen) atoms. The molecule has 0 atom stereocenters. The molecule has 6 heteroatoms. The molecule has 152 valence electrons. The third kappa shape index (κ3) is 6.78. The molecule has 0 heterocycles. The van der Waals surface area contributed by atoms with Crippen LogP contribution in [0.3, 0.4) is 0 Å². The van der Waals surface area contributed by atoms with E-state index in [2.05, 4.69) is 24.1 Å². The summed E-state index contributed by atoms with van der Waals surface area (Å²) >= 11 is 0. The smallest absolute Gasteiger partial charge is 0.262 e. The van der Waals surface area contributed by atoms with E-state index in [0.717, 1.165) is 19.6 Å². The van der Waals surface area contributed by atoms with E-state index >= 15 is 0 Å². The van der Waals surface area contributed by atoms with Gasteiger partial charge in [-0.15, -0.1) is 0 Å². The van der Waals surface area contributed by atoms with Crippen LogP contribution in [0.15, 0.2) is 48.5 Å². The minimum atomic E-state index is -0.258. The van der Waals surface area contributed by atoms with Gasteiger partial charge in [0.15, 0.2) is 18.1 Å². The number of carbonyl (C=O) groups excluding carboxylic acids is 1. The molecule has 0 bridgehead atoms. The van der Waals surface area contributed by atoms with Gasteiger partial charge in [0.1, 0.15) is 12.4 Å². The van der Waals surface area contributed by atoms with Gasteiger partial charge in [-0.2, -0.15) is 0 Å². The fraction of sp³-hybridized carbons (Fsp3) is 0.409. The van der Waals surface area contributed by atoms with Crippen LogP contribution in [0.4, 0.5) is 5.69 Å². The second-order valence-corrected chi connectivity index (χ2v) is 6.09. The maximum absolute atomic E-state index is 12.3. The van der Waals surface area contributed by atoms with Crippen molar-refractivity contribution in [2.75, 3.05) is 44.8 Å². The monoisotopic (exact) mass is 386 g/mol. The SMILES string of the molecule is CCOc1ccccc1OCC(=O)Nc1ccccc1OCCN(CC)CC. The van der Waals surface area contributed by atoms with Crippen LogP contribution in [0.25, 0.3) is 0 Å². The maximum Gasteiger partial charge on any atom is 0.262 e. The van der Waals surface area contributed by atoms with Gasteiger partial charge in [0.25, 0.3) is 5.91 Å². The maximum atomic E-state index is 12.3. The number of hydrogen-bond acceptors (Lipinski definition) is 5. The second-order valence-electron chi connectivity index (χ2n) is 6.09. The molecule has 0 unspecified atom stereocenters. The quantitative estimate of drug-likeness (QED) is 0.601. The molecule has 0 aliphatic heterocycles. The first-order chi connectivity index (χ1) is 13.7. The minimum absolute atomic E-state index is 0.113. The van der Waals surface area contributed by atoms with Crippen LogP contribution in [0.5, 0.6) is 17.2 Å². The van der Waals surface area contributed by atoms with Crippen LogP contribution in [0, 0.1) is 0 Å². The normalized spacial score (nSPS) is 10.6. The van der Waals surface area contributed by atoms with Gasteiger partial charge in [0.05, 0.1) is 12.3 Å². The first-order valence-electron chi connectivity index (χ1n) is 9.76. The molecule has 0 saturated carbocycles. The molecule has 0 radical (unpaired) electrons. The van der Waals surface area contributed by atoms with Crippen molar-refractivity contribution in [2.45, 2.75) is 20.8 Å². The number of benzene rings is 2. The number of carbonyl (C=O) groups is 1. The van der Waals surface area contributed by atoms with Crippen molar-refractivity contribution in [2.24, 2.45) is 0 Å². The zero-order chi connectivity index (χ0) is 20.2. The van der Waals surface area contributed by atoms with Gasteiger partial charge in [-0.05, 0) is 44.3 Å². The predicted molar refractivity (Wildman–Crippen MR) is 111 cm³/mol. The summed E-state index contributed by atoms with van der Waals surface area (Å²) in [6.07, 6.45) is 0. The number of amides is 1. The molecule has 1 N–H and O–H groups in total. The van der Waals surface area contributed by atoms with Crippen molar-refractivity contribution in [3.8, 4) is 17.2 Å². The van der Waals surface area contributed by atoms with E-state index in [1.54, 1.807) is 6.07 Å². The van der Waals surface area contributed by atoms with E-state index in [9.17, 15) is 4.79 Å². The molecule has 2 aromatic carbocycles. The van der Waals surface area contributed by atoms with Crippen molar-refractivity contribution in [1.29, 1.82) is 0 Å². The zero-order valence-corrected chi connectivity index (χ0v) is 16.9. The van der Waals surface area contributed by atoms with Gasteiger partial charge >= 0.3 is 0 Å². The lowest BCUT2D eigenvalue weighted by atomic mass is 10.3. The third-order valence-corrected chi connectivity index (χ3v) is 4.23. The molecule has 2 rings (SSSR count). The van der Waals surface area contributed by atoms with Crippen LogP contribution in [-0.4, -0.2) is 50.3 Å². The molecule has 1 amide bonds. The minimum Gasteiger partial charge on any atom is -0.490 e. The highest BCUT2D eigenvalue weighted by Gasteiger charge is 2.11. The van der Waals surface area contributed by atoms with Gasteiger partial charge in [-0.25, -0.2) is 0 Å². The fourth-order valence-corrected chi connectivity index (χ4v) is 2.69. The number of ether oxygens (including phenoxy) is 3. The molecule has 6 nitrogen and oxygen atoms in total. The van der Waals surface area contributed by atoms with Crippen molar-refractivity contribution in [3.63, 3.8) is 0 Å². The predicted octanol–water partition coefficient (Wildman–Crippen LogP) is 3.82. The number of nitrogens with zero attached hydrogens (tertiary/aromatic N) is 1. The topological polar surface area (TPSA) is 60.0 Å².